The predicted molar refractivity (Wildman–Crippen MR) is 188 cm³/mol. The Bertz CT molecular complexity index is 1100. The maximum absolute atomic E-state index is 14.1. The SMILES string of the molecule is CCCCCCCOc1ccc(C2CCC3(CC2)C(=O)C2(CCC(c4ccc(OCCCCCCC)cc4)CC2)C3(Cl)Cl)cc1. The van der Waals surface area contributed by atoms with Gasteiger partial charge in [0.1, 0.15) is 15.8 Å². The number of alkyl halides is 2. The highest BCUT2D eigenvalue weighted by Gasteiger charge is 2.79. The van der Waals surface area contributed by atoms with E-state index < -0.39 is 15.2 Å². The van der Waals surface area contributed by atoms with E-state index in [1.54, 1.807) is 0 Å². The molecule has 0 aromatic heterocycles. The molecule has 0 atom stereocenters. The van der Waals surface area contributed by atoms with E-state index in [1.165, 1.54) is 62.5 Å². The fourth-order valence-electron chi connectivity index (χ4n) is 8.57. The van der Waals surface area contributed by atoms with E-state index in [4.69, 9.17) is 32.7 Å². The van der Waals surface area contributed by atoms with E-state index in [9.17, 15) is 4.79 Å². The lowest BCUT2D eigenvalue weighted by molar-refractivity contribution is -0.170. The third-order valence-electron chi connectivity index (χ3n) is 11.5. The number of benzene rings is 2. The first kappa shape index (κ1) is 34.6. The average Bonchev–Trinajstić information content (AvgIpc) is 3.08. The first-order valence-corrected chi connectivity index (χ1v) is 19.0. The average molecular weight is 656 g/mol. The minimum atomic E-state index is -0.976. The molecule has 0 unspecified atom stereocenters. The Kier molecular flexibility index (Phi) is 12.3. The van der Waals surface area contributed by atoms with Gasteiger partial charge in [0.15, 0.2) is 5.78 Å². The number of halogens is 2. The number of ether oxygens (including phenoxy) is 2. The Hall–Kier alpha value is -1.71. The zero-order chi connectivity index (χ0) is 31.8. The quantitative estimate of drug-likeness (QED) is 0.133. The fraction of sp³-hybridized carbons (Fsp3) is 0.675. The summed E-state index contributed by atoms with van der Waals surface area (Å²) in [6.45, 7) is 6.06. The van der Waals surface area contributed by atoms with Crippen molar-refractivity contribution in [3.8, 4) is 11.5 Å². The Balaban J connectivity index is 1.08. The van der Waals surface area contributed by atoms with Gasteiger partial charge in [-0.15, -0.1) is 0 Å². The van der Waals surface area contributed by atoms with Crippen LogP contribution in [0.4, 0.5) is 0 Å². The van der Waals surface area contributed by atoms with Crippen LogP contribution in [-0.4, -0.2) is 23.3 Å². The van der Waals surface area contributed by atoms with Gasteiger partial charge in [0.25, 0.3) is 0 Å². The van der Waals surface area contributed by atoms with Gasteiger partial charge in [0, 0.05) is 0 Å². The highest BCUT2D eigenvalue weighted by Crippen LogP contribution is 2.75. The van der Waals surface area contributed by atoms with Crippen molar-refractivity contribution in [1.29, 1.82) is 0 Å². The van der Waals surface area contributed by atoms with Crippen LogP contribution in [-0.2, 0) is 4.79 Å². The molecule has 45 heavy (non-hydrogen) atoms. The Morgan fingerprint density at radius 2 is 0.933 bits per heavy atom. The van der Waals surface area contributed by atoms with Crippen molar-refractivity contribution in [3.05, 3.63) is 59.7 Å². The smallest absolute Gasteiger partial charge is 0.151 e. The second-order valence-electron chi connectivity index (χ2n) is 14.3. The molecule has 2 aromatic carbocycles. The molecular weight excluding hydrogens is 599 g/mol. The number of carbonyl (C=O) groups is 1. The lowest BCUT2D eigenvalue weighted by atomic mass is 9.42. The van der Waals surface area contributed by atoms with Gasteiger partial charge >= 0.3 is 0 Å². The van der Waals surface area contributed by atoms with Gasteiger partial charge in [0.2, 0.25) is 0 Å². The first-order chi connectivity index (χ1) is 21.9. The van der Waals surface area contributed by atoms with Crippen LogP contribution in [0.1, 0.15) is 152 Å². The van der Waals surface area contributed by atoms with E-state index in [0.717, 1.165) is 88.9 Å². The highest BCUT2D eigenvalue weighted by atomic mass is 35.5. The van der Waals surface area contributed by atoms with Crippen LogP contribution >= 0.6 is 23.2 Å². The number of Topliss-reactive ketones (excluding diaryl/α,β-unsaturated/α-hetero) is 1. The van der Waals surface area contributed by atoms with Gasteiger partial charge in [-0.05, 0) is 111 Å². The Labute approximate surface area is 283 Å². The van der Waals surface area contributed by atoms with Gasteiger partial charge in [-0.3, -0.25) is 4.79 Å². The van der Waals surface area contributed by atoms with Crippen molar-refractivity contribution in [2.45, 2.75) is 146 Å². The molecule has 248 valence electrons. The third kappa shape index (κ3) is 7.40. The molecule has 0 heterocycles. The summed E-state index contributed by atoms with van der Waals surface area (Å²) in [5.74, 6) is 3.13. The maximum Gasteiger partial charge on any atom is 0.151 e. The summed E-state index contributed by atoms with van der Waals surface area (Å²) >= 11 is 14.6. The summed E-state index contributed by atoms with van der Waals surface area (Å²) in [7, 11) is 0. The van der Waals surface area contributed by atoms with Crippen LogP contribution in [0.3, 0.4) is 0 Å². The lowest BCUT2D eigenvalue weighted by Crippen LogP contribution is -2.74. The number of carbonyl (C=O) groups excluding carboxylic acids is 1. The molecule has 0 saturated heterocycles. The Morgan fingerprint density at radius 1 is 0.578 bits per heavy atom. The predicted octanol–water partition coefficient (Wildman–Crippen LogP) is 12.1. The van der Waals surface area contributed by atoms with Crippen molar-refractivity contribution < 1.29 is 14.3 Å². The monoisotopic (exact) mass is 654 g/mol. The number of hydrogen-bond acceptors (Lipinski definition) is 3. The molecule has 3 aliphatic carbocycles. The molecule has 3 saturated carbocycles. The van der Waals surface area contributed by atoms with E-state index in [0.29, 0.717) is 17.6 Å². The van der Waals surface area contributed by atoms with E-state index in [2.05, 4.69) is 62.4 Å². The minimum absolute atomic E-state index is 0.349. The Morgan fingerprint density at radius 3 is 1.27 bits per heavy atom. The molecule has 0 amide bonds. The molecular formula is C40H56Cl2O3. The van der Waals surface area contributed by atoms with Crippen molar-refractivity contribution in [2.24, 2.45) is 10.8 Å². The number of ketones is 1. The topological polar surface area (TPSA) is 35.5 Å². The number of unbranched alkanes of at least 4 members (excludes halogenated alkanes) is 8. The third-order valence-corrected chi connectivity index (χ3v) is 12.9. The molecule has 0 bridgehead atoms. The number of hydrogen-bond donors (Lipinski definition) is 0. The van der Waals surface area contributed by atoms with Crippen LogP contribution in [0, 0.1) is 10.8 Å². The zero-order valence-electron chi connectivity index (χ0n) is 27.9. The molecule has 5 heteroatoms. The van der Waals surface area contributed by atoms with Crippen molar-refractivity contribution >= 4 is 29.0 Å². The lowest BCUT2D eigenvalue weighted by Gasteiger charge is -2.67. The maximum atomic E-state index is 14.1. The molecule has 2 spiro atoms. The molecule has 0 radical (unpaired) electrons. The molecule has 3 nitrogen and oxygen atoms in total. The summed E-state index contributed by atoms with van der Waals surface area (Å²) < 4.78 is 11.0. The van der Waals surface area contributed by atoms with Crippen molar-refractivity contribution in [2.75, 3.05) is 13.2 Å². The van der Waals surface area contributed by atoms with Gasteiger partial charge < -0.3 is 9.47 Å². The van der Waals surface area contributed by atoms with Gasteiger partial charge in [-0.2, -0.15) is 0 Å². The van der Waals surface area contributed by atoms with E-state index >= 15 is 0 Å². The summed E-state index contributed by atoms with van der Waals surface area (Å²) in [5, 5.41) is 0. The molecule has 0 N–H and O–H groups in total. The molecule has 3 fully saturated rings. The second-order valence-corrected chi connectivity index (χ2v) is 15.6. The van der Waals surface area contributed by atoms with Crippen LogP contribution in [0.5, 0.6) is 11.5 Å². The van der Waals surface area contributed by atoms with Crippen LogP contribution in [0.15, 0.2) is 48.5 Å². The van der Waals surface area contributed by atoms with Crippen molar-refractivity contribution in [3.63, 3.8) is 0 Å². The molecule has 3 aliphatic rings. The second kappa shape index (κ2) is 15.9. The summed E-state index contributed by atoms with van der Waals surface area (Å²) in [4.78, 5) is 14.1. The van der Waals surface area contributed by atoms with E-state index in [1.807, 2.05) is 0 Å². The normalized spacial score (nSPS) is 27.4. The van der Waals surface area contributed by atoms with Crippen molar-refractivity contribution in [1.82, 2.24) is 0 Å². The summed E-state index contributed by atoms with van der Waals surface area (Å²) in [5.41, 5.74) is 1.49. The molecule has 5 rings (SSSR count). The van der Waals surface area contributed by atoms with Gasteiger partial charge in [-0.25, -0.2) is 0 Å². The number of rotatable bonds is 16. The summed E-state index contributed by atoms with van der Waals surface area (Å²) in [6, 6.07) is 17.3. The minimum Gasteiger partial charge on any atom is -0.494 e. The summed E-state index contributed by atoms with van der Waals surface area (Å²) in [6.07, 6.45) is 19.4. The molecule has 0 aliphatic heterocycles. The molecule has 2 aromatic rings. The van der Waals surface area contributed by atoms with E-state index in [-0.39, 0.29) is 0 Å². The standard InChI is InChI=1S/C40H56Cl2O3/c1-3-5-7-9-11-29-44-35-17-13-31(14-18-35)33-21-25-38(26-22-33)37(43)39(40(38,41)42)27-23-34(24-28-39)32-15-19-36(20-16-32)45-30-12-10-8-6-4-2/h13-20,33-34H,3-12,21-30H2,1-2H3. The van der Waals surface area contributed by atoms with Gasteiger partial charge in [0.05, 0.1) is 24.0 Å². The zero-order valence-corrected chi connectivity index (χ0v) is 29.4. The highest BCUT2D eigenvalue weighted by molar-refractivity contribution is 6.55. The van der Waals surface area contributed by atoms with Crippen LogP contribution in [0.25, 0.3) is 0 Å². The van der Waals surface area contributed by atoms with Crippen LogP contribution in [0.2, 0.25) is 0 Å². The largest absolute Gasteiger partial charge is 0.494 e. The van der Waals surface area contributed by atoms with Crippen LogP contribution < -0.4 is 9.47 Å². The van der Waals surface area contributed by atoms with Gasteiger partial charge in [-0.1, -0.05) is 113 Å². The first-order valence-electron chi connectivity index (χ1n) is 18.2. The fourth-order valence-corrected chi connectivity index (χ4v) is 9.67.